The third-order valence-corrected chi connectivity index (χ3v) is 6.29. The Balaban J connectivity index is 1.37. The number of aryl methyl sites for hydroxylation is 2. The Hall–Kier alpha value is -3.29. The molecule has 0 atom stereocenters. The van der Waals surface area contributed by atoms with E-state index in [1.165, 1.54) is 10.1 Å². The maximum absolute atomic E-state index is 12.7. The summed E-state index contributed by atoms with van der Waals surface area (Å²) < 4.78 is 6.65. The first kappa shape index (κ1) is 19.7. The van der Waals surface area contributed by atoms with Crippen LogP contribution in [0.4, 0.5) is 5.69 Å². The zero-order chi connectivity index (χ0) is 21.4. The van der Waals surface area contributed by atoms with Crippen LogP contribution < -0.4 is 11.1 Å². The van der Waals surface area contributed by atoms with Crippen molar-refractivity contribution >= 4 is 28.6 Å². The van der Waals surface area contributed by atoms with Crippen LogP contribution in [0.2, 0.25) is 0 Å². The topological polar surface area (TPSA) is 100 Å². The molecule has 0 saturated carbocycles. The Morgan fingerprint density at radius 3 is 2.65 bits per heavy atom. The molecule has 3 heterocycles. The lowest BCUT2D eigenvalue weighted by atomic mass is 9.98. The number of carbonyl (C=O) groups excluding carboxylic acids is 2. The fraction of sp³-hybridized carbons (Fsp3) is 0.435. The van der Waals surface area contributed by atoms with Gasteiger partial charge in [0, 0.05) is 24.5 Å². The van der Waals surface area contributed by atoms with E-state index in [4.69, 9.17) is 4.42 Å². The van der Waals surface area contributed by atoms with Crippen molar-refractivity contribution in [2.75, 3.05) is 18.4 Å². The third kappa shape index (κ3) is 3.89. The van der Waals surface area contributed by atoms with Gasteiger partial charge in [-0.15, -0.1) is 0 Å². The van der Waals surface area contributed by atoms with E-state index < -0.39 is 5.76 Å². The van der Waals surface area contributed by atoms with Crippen molar-refractivity contribution in [2.24, 2.45) is 0 Å². The largest absolute Gasteiger partial charge is 0.420 e. The highest BCUT2D eigenvalue weighted by Crippen LogP contribution is 2.23. The van der Waals surface area contributed by atoms with Crippen LogP contribution in [0.1, 0.15) is 53.8 Å². The SMILES string of the molecule is O=C(Nc1ccc2oc(=O)n(CC(=O)N3CCCCC3)c2c1)c1cc2c([nH]1)CCCC2. The van der Waals surface area contributed by atoms with Crippen LogP contribution in [0, 0.1) is 0 Å². The standard InChI is InChI=1S/C23H26N4O4/c28-21(26-10-4-1-5-11-26)14-27-19-13-16(8-9-20(19)31-23(27)30)24-22(29)18-12-15-6-2-3-7-17(15)25-18/h8-9,12-13,25H,1-7,10-11,14H2,(H,24,29). The van der Waals surface area contributed by atoms with Gasteiger partial charge in [-0.05, 0) is 74.8 Å². The number of fused-ring (bicyclic) bond motifs is 2. The Kier molecular flexibility index (Phi) is 5.13. The second-order valence-corrected chi connectivity index (χ2v) is 8.43. The average molecular weight is 422 g/mol. The number of piperidine rings is 1. The number of nitrogens with zero attached hydrogens (tertiary/aromatic N) is 2. The van der Waals surface area contributed by atoms with Crippen molar-refractivity contribution in [3.8, 4) is 0 Å². The van der Waals surface area contributed by atoms with Gasteiger partial charge in [-0.2, -0.15) is 0 Å². The minimum absolute atomic E-state index is 0.0629. The number of anilines is 1. The summed E-state index contributed by atoms with van der Waals surface area (Å²) in [6.07, 6.45) is 7.37. The lowest BCUT2D eigenvalue weighted by Crippen LogP contribution is -2.39. The molecule has 5 rings (SSSR count). The summed E-state index contributed by atoms with van der Waals surface area (Å²) in [7, 11) is 0. The average Bonchev–Trinajstić information content (AvgIpc) is 3.35. The van der Waals surface area contributed by atoms with Crippen molar-refractivity contribution in [1.82, 2.24) is 14.5 Å². The quantitative estimate of drug-likeness (QED) is 0.675. The van der Waals surface area contributed by atoms with E-state index in [-0.39, 0.29) is 18.4 Å². The number of oxazole rings is 1. The van der Waals surface area contributed by atoms with Gasteiger partial charge >= 0.3 is 5.76 Å². The van der Waals surface area contributed by atoms with Gasteiger partial charge in [0.2, 0.25) is 5.91 Å². The van der Waals surface area contributed by atoms with Gasteiger partial charge in [0.25, 0.3) is 5.91 Å². The summed E-state index contributed by atoms with van der Waals surface area (Å²) in [4.78, 5) is 42.8. The molecule has 0 bridgehead atoms. The number of H-pyrrole nitrogens is 1. The molecule has 8 heteroatoms. The predicted octanol–water partition coefficient (Wildman–Crippen LogP) is 3.07. The molecule has 3 aromatic rings. The zero-order valence-electron chi connectivity index (χ0n) is 17.4. The lowest BCUT2D eigenvalue weighted by molar-refractivity contribution is -0.132. The maximum Gasteiger partial charge on any atom is 0.420 e. The van der Waals surface area contributed by atoms with Crippen molar-refractivity contribution < 1.29 is 14.0 Å². The van der Waals surface area contributed by atoms with Crippen LogP contribution in [0.5, 0.6) is 0 Å². The summed E-state index contributed by atoms with van der Waals surface area (Å²) >= 11 is 0. The van der Waals surface area contributed by atoms with E-state index >= 15 is 0 Å². The van der Waals surface area contributed by atoms with Crippen LogP contribution in [0.15, 0.2) is 33.5 Å². The van der Waals surface area contributed by atoms with Crippen molar-refractivity contribution in [2.45, 2.75) is 51.5 Å². The first-order valence-corrected chi connectivity index (χ1v) is 11.0. The number of hydrogen-bond acceptors (Lipinski definition) is 4. The highest BCUT2D eigenvalue weighted by atomic mass is 16.4. The van der Waals surface area contributed by atoms with Crippen LogP contribution in [0.25, 0.3) is 11.1 Å². The summed E-state index contributed by atoms with van der Waals surface area (Å²) in [6.45, 7) is 1.39. The summed E-state index contributed by atoms with van der Waals surface area (Å²) in [6, 6.07) is 6.95. The Morgan fingerprint density at radius 2 is 1.84 bits per heavy atom. The molecular formula is C23H26N4O4. The maximum atomic E-state index is 12.7. The second-order valence-electron chi connectivity index (χ2n) is 8.43. The fourth-order valence-electron chi connectivity index (χ4n) is 4.59. The lowest BCUT2D eigenvalue weighted by Gasteiger charge is -2.26. The van der Waals surface area contributed by atoms with Crippen molar-refractivity contribution in [3.05, 3.63) is 51.8 Å². The minimum Gasteiger partial charge on any atom is -0.408 e. The number of nitrogens with one attached hydrogen (secondary N) is 2. The van der Waals surface area contributed by atoms with Crippen molar-refractivity contribution in [3.63, 3.8) is 0 Å². The van der Waals surface area contributed by atoms with Gasteiger partial charge in [0.05, 0.1) is 5.52 Å². The molecule has 0 spiro atoms. The molecule has 0 unspecified atom stereocenters. The monoisotopic (exact) mass is 422 g/mol. The summed E-state index contributed by atoms with van der Waals surface area (Å²) in [5.41, 5.74) is 4.34. The van der Waals surface area contributed by atoms with Gasteiger partial charge < -0.3 is 19.6 Å². The molecule has 1 aliphatic heterocycles. The van der Waals surface area contributed by atoms with Gasteiger partial charge in [-0.1, -0.05) is 0 Å². The second kappa shape index (κ2) is 8.09. The van der Waals surface area contributed by atoms with E-state index in [2.05, 4.69) is 10.3 Å². The number of carbonyl (C=O) groups is 2. The van der Waals surface area contributed by atoms with Gasteiger partial charge in [-0.25, -0.2) is 4.79 Å². The van der Waals surface area contributed by atoms with E-state index in [1.807, 2.05) is 6.07 Å². The van der Waals surface area contributed by atoms with Gasteiger partial charge in [0.1, 0.15) is 12.2 Å². The zero-order valence-corrected chi connectivity index (χ0v) is 17.4. The Bertz CT molecular complexity index is 1170. The molecule has 2 amide bonds. The smallest absolute Gasteiger partial charge is 0.408 e. The van der Waals surface area contributed by atoms with Gasteiger partial charge in [0.15, 0.2) is 5.58 Å². The number of likely N-dealkylation sites (tertiary alicyclic amines) is 1. The summed E-state index contributed by atoms with van der Waals surface area (Å²) in [5, 5.41) is 2.89. The molecule has 1 saturated heterocycles. The first-order valence-electron chi connectivity index (χ1n) is 11.0. The molecule has 162 valence electrons. The Morgan fingerprint density at radius 1 is 1.03 bits per heavy atom. The molecule has 31 heavy (non-hydrogen) atoms. The molecule has 1 aliphatic carbocycles. The van der Waals surface area contributed by atoms with Crippen LogP contribution in [-0.2, 0) is 24.2 Å². The normalized spacial score (nSPS) is 16.3. The number of benzene rings is 1. The number of rotatable bonds is 4. The molecule has 0 radical (unpaired) electrons. The fourth-order valence-corrected chi connectivity index (χ4v) is 4.59. The number of aromatic nitrogens is 2. The van der Waals surface area contributed by atoms with E-state index in [1.54, 1.807) is 23.1 Å². The number of hydrogen-bond donors (Lipinski definition) is 2. The van der Waals surface area contributed by atoms with Gasteiger partial charge in [-0.3, -0.25) is 14.2 Å². The number of amides is 2. The Labute approximate surface area is 179 Å². The van der Waals surface area contributed by atoms with Crippen LogP contribution in [0.3, 0.4) is 0 Å². The van der Waals surface area contributed by atoms with E-state index in [0.717, 1.165) is 63.7 Å². The molecule has 2 aromatic heterocycles. The van der Waals surface area contributed by atoms with E-state index in [0.29, 0.717) is 22.5 Å². The molecule has 1 aromatic carbocycles. The molecule has 1 fully saturated rings. The highest BCUT2D eigenvalue weighted by Gasteiger charge is 2.21. The molecule has 2 aliphatic rings. The minimum atomic E-state index is -0.569. The number of aromatic amines is 1. The first-order chi connectivity index (χ1) is 15.1. The predicted molar refractivity (Wildman–Crippen MR) is 116 cm³/mol. The van der Waals surface area contributed by atoms with Crippen LogP contribution >= 0.6 is 0 Å². The van der Waals surface area contributed by atoms with Crippen molar-refractivity contribution in [1.29, 1.82) is 0 Å². The summed E-state index contributed by atoms with van der Waals surface area (Å²) in [5.74, 6) is -0.882. The third-order valence-electron chi connectivity index (χ3n) is 6.29. The molecule has 2 N–H and O–H groups in total. The highest BCUT2D eigenvalue weighted by molar-refractivity contribution is 6.04. The van der Waals surface area contributed by atoms with E-state index in [9.17, 15) is 14.4 Å². The molecular weight excluding hydrogens is 396 g/mol. The van der Waals surface area contributed by atoms with Crippen LogP contribution in [-0.4, -0.2) is 39.4 Å². The molecule has 8 nitrogen and oxygen atoms in total.